The van der Waals surface area contributed by atoms with Gasteiger partial charge in [0.15, 0.2) is 11.5 Å². The molecule has 1 atom stereocenters. The molecule has 5 heteroatoms. The zero-order chi connectivity index (χ0) is 16.2. The van der Waals surface area contributed by atoms with Crippen LogP contribution in [0.1, 0.15) is 29.7 Å². The summed E-state index contributed by atoms with van der Waals surface area (Å²) in [7, 11) is 3.35. The number of ether oxygens (including phenoxy) is 3. The van der Waals surface area contributed by atoms with Crippen LogP contribution in [0.3, 0.4) is 0 Å². The van der Waals surface area contributed by atoms with Gasteiger partial charge in [0.2, 0.25) is 0 Å². The Kier molecular flexibility index (Phi) is 6.35. The highest BCUT2D eigenvalue weighted by Gasteiger charge is 2.23. The lowest BCUT2D eigenvalue weighted by Gasteiger charge is -2.28. The summed E-state index contributed by atoms with van der Waals surface area (Å²) < 4.78 is 16.4. The minimum atomic E-state index is 0. The van der Waals surface area contributed by atoms with Crippen molar-refractivity contribution in [3.05, 3.63) is 53.1 Å². The van der Waals surface area contributed by atoms with E-state index in [0.717, 1.165) is 30.2 Å². The summed E-state index contributed by atoms with van der Waals surface area (Å²) in [6.45, 7) is 3.62. The lowest BCUT2D eigenvalue weighted by Crippen LogP contribution is -2.30. The number of rotatable bonds is 5. The lowest BCUT2D eigenvalue weighted by atomic mass is 9.89. The van der Waals surface area contributed by atoms with Crippen molar-refractivity contribution in [1.82, 2.24) is 5.32 Å². The minimum Gasteiger partial charge on any atom is -0.494 e. The molecule has 4 nitrogen and oxygen atoms in total. The Hall–Kier alpha value is -1.91. The fourth-order valence-corrected chi connectivity index (χ4v) is 3.10. The molecule has 0 aromatic heterocycles. The molecule has 1 aliphatic heterocycles. The van der Waals surface area contributed by atoms with Gasteiger partial charge in [-0.2, -0.15) is 0 Å². The molecule has 3 rings (SSSR count). The fraction of sp³-hybridized carbons (Fsp3) is 0.368. The molecular weight excluding hydrogens is 326 g/mol. The first-order chi connectivity index (χ1) is 11.3. The molecule has 0 bridgehead atoms. The summed E-state index contributed by atoms with van der Waals surface area (Å²) in [5, 5.41) is 3.59. The van der Waals surface area contributed by atoms with Gasteiger partial charge in [-0.15, -0.1) is 12.4 Å². The zero-order valence-corrected chi connectivity index (χ0v) is 15.1. The van der Waals surface area contributed by atoms with Crippen LogP contribution in [-0.2, 0) is 6.42 Å². The Morgan fingerprint density at radius 3 is 2.33 bits per heavy atom. The van der Waals surface area contributed by atoms with Crippen LogP contribution in [0.2, 0.25) is 0 Å². The fourth-order valence-electron chi connectivity index (χ4n) is 3.10. The van der Waals surface area contributed by atoms with E-state index < -0.39 is 0 Å². The molecule has 2 aromatic rings. The number of benzene rings is 2. The van der Waals surface area contributed by atoms with Gasteiger partial charge in [0, 0.05) is 6.54 Å². The van der Waals surface area contributed by atoms with Crippen molar-refractivity contribution in [1.29, 1.82) is 0 Å². The van der Waals surface area contributed by atoms with E-state index in [1.165, 1.54) is 16.7 Å². The number of nitrogens with one attached hydrogen (secondary N) is 1. The van der Waals surface area contributed by atoms with E-state index in [1.807, 2.05) is 19.1 Å². The van der Waals surface area contributed by atoms with E-state index in [1.54, 1.807) is 14.2 Å². The maximum absolute atomic E-state index is 5.53. The first kappa shape index (κ1) is 18.4. The van der Waals surface area contributed by atoms with Gasteiger partial charge in [0.05, 0.1) is 26.9 Å². The van der Waals surface area contributed by atoms with Crippen molar-refractivity contribution in [2.45, 2.75) is 19.4 Å². The van der Waals surface area contributed by atoms with Crippen LogP contribution in [0.15, 0.2) is 36.4 Å². The van der Waals surface area contributed by atoms with Gasteiger partial charge < -0.3 is 19.5 Å². The van der Waals surface area contributed by atoms with E-state index in [0.29, 0.717) is 6.61 Å². The molecule has 0 fully saturated rings. The summed E-state index contributed by atoms with van der Waals surface area (Å²) in [5.41, 5.74) is 3.78. The highest BCUT2D eigenvalue weighted by molar-refractivity contribution is 5.85. The zero-order valence-electron chi connectivity index (χ0n) is 14.3. The molecule has 0 saturated heterocycles. The topological polar surface area (TPSA) is 39.7 Å². The van der Waals surface area contributed by atoms with Crippen LogP contribution < -0.4 is 19.5 Å². The molecule has 0 spiro atoms. The van der Waals surface area contributed by atoms with Crippen molar-refractivity contribution in [2.75, 3.05) is 27.4 Å². The number of methoxy groups -OCH3 is 2. The molecule has 1 heterocycles. The van der Waals surface area contributed by atoms with Crippen LogP contribution in [-0.4, -0.2) is 27.4 Å². The van der Waals surface area contributed by atoms with Gasteiger partial charge in [-0.25, -0.2) is 0 Å². The Balaban J connectivity index is 0.00000208. The Morgan fingerprint density at radius 2 is 1.71 bits per heavy atom. The number of halogens is 1. The molecule has 1 unspecified atom stereocenters. The van der Waals surface area contributed by atoms with E-state index in [4.69, 9.17) is 14.2 Å². The lowest BCUT2D eigenvalue weighted by molar-refractivity contribution is 0.340. The third-order valence-electron chi connectivity index (χ3n) is 4.22. The standard InChI is InChI=1S/C19H23NO3.ClH/c1-4-23-15-7-5-13(6-8-15)19-16-12-18(22-3)17(21-2)11-14(16)9-10-20-19;/h5-8,11-12,19-20H,4,9-10H2,1-3H3;1H. The minimum absolute atomic E-state index is 0. The molecule has 0 radical (unpaired) electrons. The van der Waals surface area contributed by atoms with E-state index >= 15 is 0 Å². The van der Waals surface area contributed by atoms with Crippen LogP contribution in [0.5, 0.6) is 17.2 Å². The molecule has 0 amide bonds. The van der Waals surface area contributed by atoms with Crippen LogP contribution in [0.25, 0.3) is 0 Å². The monoisotopic (exact) mass is 349 g/mol. The molecule has 0 saturated carbocycles. The maximum atomic E-state index is 5.53. The second-order valence-corrected chi connectivity index (χ2v) is 5.55. The second-order valence-electron chi connectivity index (χ2n) is 5.55. The number of fused-ring (bicyclic) bond motifs is 1. The van der Waals surface area contributed by atoms with Crippen molar-refractivity contribution in [3.8, 4) is 17.2 Å². The Bertz CT molecular complexity index is 673. The predicted octanol–water partition coefficient (Wildman–Crippen LogP) is 3.76. The van der Waals surface area contributed by atoms with Gasteiger partial charge >= 0.3 is 0 Å². The normalized spacial score (nSPS) is 15.9. The van der Waals surface area contributed by atoms with Crippen molar-refractivity contribution >= 4 is 12.4 Å². The summed E-state index contributed by atoms with van der Waals surface area (Å²) in [6.07, 6.45) is 0.989. The SMILES string of the molecule is CCOc1ccc(C2NCCc3cc(OC)c(OC)cc32)cc1.Cl. The third-order valence-corrected chi connectivity index (χ3v) is 4.22. The largest absolute Gasteiger partial charge is 0.494 e. The van der Waals surface area contributed by atoms with Gasteiger partial charge in [-0.3, -0.25) is 0 Å². The smallest absolute Gasteiger partial charge is 0.161 e. The molecule has 0 aliphatic carbocycles. The van der Waals surface area contributed by atoms with Gasteiger partial charge in [0.1, 0.15) is 5.75 Å². The second kappa shape index (κ2) is 8.27. The van der Waals surface area contributed by atoms with Gasteiger partial charge in [0.25, 0.3) is 0 Å². The number of hydrogen-bond donors (Lipinski definition) is 1. The summed E-state index contributed by atoms with van der Waals surface area (Å²) in [4.78, 5) is 0. The quantitative estimate of drug-likeness (QED) is 0.892. The van der Waals surface area contributed by atoms with Crippen molar-refractivity contribution in [2.24, 2.45) is 0 Å². The predicted molar refractivity (Wildman–Crippen MR) is 98.0 cm³/mol. The first-order valence-electron chi connectivity index (χ1n) is 7.97. The van der Waals surface area contributed by atoms with E-state index in [2.05, 4.69) is 29.6 Å². The highest BCUT2D eigenvalue weighted by Crippen LogP contribution is 2.37. The average molecular weight is 350 g/mol. The van der Waals surface area contributed by atoms with Crippen LogP contribution in [0.4, 0.5) is 0 Å². The molecular formula is C19H24ClNO3. The summed E-state index contributed by atoms with van der Waals surface area (Å²) >= 11 is 0. The van der Waals surface area contributed by atoms with Crippen molar-refractivity contribution < 1.29 is 14.2 Å². The Morgan fingerprint density at radius 1 is 1.04 bits per heavy atom. The molecule has 2 aromatic carbocycles. The first-order valence-corrected chi connectivity index (χ1v) is 7.97. The highest BCUT2D eigenvalue weighted by atomic mass is 35.5. The van der Waals surface area contributed by atoms with Crippen molar-refractivity contribution in [3.63, 3.8) is 0 Å². The molecule has 130 valence electrons. The van der Waals surface area contributed by atoms with Crippen LogP contribution >= 0.6 is 12.4 Å². The number of hydrogen-bond acceptors (Lipinski definition) is 4. The molecule has 1 aliphatic rings. The third kappa shape index (κ3) is 3.60. The van der Waals surface area contributed by atoms with Gasteiger partial charge in [-0.1, -0.05) is 12.1 Å². The molecule has 1 N–H and O–H groups in total. The maximum Gasteiger partial charge on any atom is 0.161 e. The van der Waals surface area contributed by atoms with E-state index in [-0.39, 0.29) is 18.4 Å². The molecule has 24 heavy (non-hydrogen) atoms. The Labute approximate surface area is 149 Å². The van der Waals surface area contributed by atoms with Crippen LogP contribution in [0, 0.1) is 0 Å². The van der Waals surface area contributed by atoms with Gasteiger partial charge in [-0.05, 0) is 54.3 Å². The van der Waals surface area contributed by atoms with E-state index in [9.17, 15) is 0 Å². The summed E-state index contributed by atoms with van der Waals surface area (Å²) in [5.74, 6) is 2.46. The summed E-state index contributed by atoms with van der Waals surface area (Å²) in [6, 6.07) is 12.6. The average Bonchev–Trinajstić information content (AvgIpc) is 2.61.